The van der Waals surface area contributed by atoms with Gasteiger partial charge in [-0.25, -0.2) is 0 Å². The molecule has 1 aliphatic heterocycles. The Morgan fingerprint density at radius 1 is 1.53 bits per heavy atom. The van der Waals surface area contributed by atoms with E-state index >= 15 is 0 Å². The second-order valence-corrected chi connectivity index (χ2v) is 5.17. The van der Waals surface area contributed by atoms with E-state index in [9.17, 15) is 0 Å². The molecular weight excluding hydrogens is 230 g/mol. The van der Waals surface area contributed by atoms with E-state index in [4.69, 9.17) is 16.3 Å². The highest BCUT2D eigenvalue weighted by atomic mass is 35.5. The molecule has 4 heteroatoms. The van der Waals surface area contributed by atoms with E-state index in [0.29, 0.717) is 0 Å². The molecule has 2 rings (SSSR count). The van der Waals surface area contributed by atoms with E-state index in [1.54, 1.807) is 11.8 Å². The third-order valence-corrected chi connectivity index (χ3v) is 3.81. The van der Waals surface area contributed by atoms with Crippen molar-refractivity contribution in [2.75, 3.05) is 19.7 Å². The average Bonchev–Trinajstić information content (AvgIpc) is 2.25. The van der Waals surface area contributed by atoms with E-state index < -0.39 is 0 Å². The number of benzene rings is 1. The molecule has 2 nitrogen and oxygen atoms in total. The van der Waals surface area contributed by atoms with Crippen molar-refractivity contribution in [2.45, 2.75) is 17.3 Å². The van der Waals surface area contributed by atoms with Crippen LogP contribution in [-0.2, 0) is 4.74 Å². The predicted octanol–water partition coefficient (Wildman–Crippen LogP) is 2.69. The van der Waals surface area contributed by atoms with Crippen LogP contribution in [0.25, 0.3) is 0 Å². The van der Waals surface area contributed by atoms with Crippen LogP contribution in [0.3, 0.4) is 0 Å². The maximum absolute atomic E-state index is 5.97. The SMILES string of the molecule is Cc1cc(SC2CNCCO2)ccc1Cl. The number of morpholine rings is 1. The van der Waals surface area contributed by atoms with Gasteiger partial charge in [-0.1, -0.05) is 23.4 Å². The largest absolute Gasteiger partial charge is 0.365 e. The molecule has 1 aliphatic rings. The van der Waals surface area contributed by atoms with Crippen LogP contribution in [0.2, 0.25) is 5.02 Å². The molecule has 1 fully saturated rings. The molecule has 1 aromatic rings. The van der Waals surface area contributed by atoms with E-state index in [1.165, 1.54) is 4.90 Å². The van der Waals surface area contributed by atoms with E-state index in [2.05, 4.69) is 11.4 Å². The zero-order valence-corrected chi connectivity index (χ0v) is 10.2. The Hall–Kier alpha value is -0.220. The summed E-state index contributed by atoms with van der Waals surface area (Å²) < 4.78 is 5.62. The Balaban J connectivity index is 2.00. The number of thioether (sulfide) groups is 1. The van der Waals surface area contributed by atoms with Crippen LogP contribution >= 0.6 is 23.4 Å². The van der Waals surface area contributed by atoms with Gasteiger partial charge in [-0.2, -0.15) is 0 Å². The Morgan fingerprint density at radius 2 is 2.40 bits per heavy atom. The topological polar surface area (TPSA) is 21.3 Å². The molecule has 1 saturated heterocycles. The number of ether oxygens (including phenoxy) is 1. The molecule has 15 heavy (non-hydrogen) atoms. The van der Waals surface area contributed by atoms with Gasteiger partial charge in [0.1, 0.15) is 5.44 Å². The van der Waals surface area contributed by atoms with Gasteiger partial charge < -0.3 is 10.1 Å². The average molecular weight is 244 g/mol. The monoisotopic (exact) mass is 243 g/mol. The predicted molar refractivity (Wildman–Crippen MR) is 64.7 cm³/mol. The summed E-state index contributed by atoms with van der Waals surface area (Å²) in [5.74, 6) is 0. The molecule has 1 aromatic carbocycles. The van der Waals surface area contributed by atoms with Crippen molar-refractivity contribution in [3.8, 4) is 0 Å². The molecule has 0 aromatic heterocycles. The van der Waals surface area contributed by atoms with Gasteiger partial charge in [0.25, 0.3) is 0 Å². The molecule has 0 aliphatic carbocycles. The quantitative estimate of drug-likeness (QED) is 0.863. The van der Waals surface area contributed by atoms with Gasteiger partial charge in [0, 0.05) is 23.0 Å². The van der Waals surface area contributed by atoms with Crippen molar-refractivity contribution in [3.05, 3.63) is 28.8 Å². The highest BCUT2D eigenvalue weighted by molar-refractivity contribution is 7.99. The maximum Gasteiger partial charge on any atom is 0.120 e. The third kappa shape index (κ3) is 3.11. The minimum absolute atomic E-state index is 0.222. The molecular formula is C11H14ClNOS. The Kier molecular flexibility index (Phi) is 3.92. The molecule has 82 valence electrons. The summed E-state index contributed by atoms with van der Waals surface area (Å²) in [6.07, 6.45) is 0. The first kappa shape index (κ1) is 11.3. The number of nitrogens with one attached hydrogen (secondary N) is 1. The summed E-state index contributed by atoms with van der Waals surface area (Å²) in [7, 11) is 0. The van der Waals surface area contributed by atoms with Crippen molar-refractivity contribution in [2.24, 2.45) is 0 Å². The fourth-order valence-electron chi connectivity index (χ4n) is 1.46. The van der Waals surface area contributed by atoms with Crippen LogP contribution < -0.4 is 5.32 Å². The van der Waals surface area contributed by atoms with Gasteiger partial charge in [-0.15, -0.1) is 0 Å². The molecule has 0 amide bonds. The van der Waals surface area contributed by atoms with Gasteiger partial charge in [0.05, 0.1) is 6.61 Å². The van der Waals surface area contributed by atoms with Crippen LogP contribution in [0.4, 0.5) is 0 Å². The van der Waals surface area contributed by atoms with Crippen LogP contribution in [0.5, 0.6) is 0 Å². The highest BCUT2D eigenvalue weighted by Gasteiger charge is 2.14. The van der Waals surface area contributed by atoms with Crippen LogP contribution in [-0.4, -0.2) is 25.1 Å². The molecule has 1 unspecified atom stereocenters. The summed E-state index contributed by atoms with van der Waals surface area (Å²) in [6, 6.07) is 6.08. The molecule has 1 heterocycles. The molecule has 0 radical (unpaired) electrons. The highest BCUT2D eigenvalue weighted by Crippen LogP contribution is 2.28. The summed E-state index contributed by atoms with van der Waals surface area (Å²) >= 11 is 7.71. The minimum atomic E-state index is 0.222. The fraction of sp³-hybridized carbons (Fsp3) is 0.455. The number of hydrogen-bond donors (Lipinski definition) is 1. The number of aryl methyl sites for hydroxylation is 1. The number of halogens is 1. The normalized spacial score (nSPS) is 21.6. The third-order valence-electron chi connectivity index (χ3n) is 2.29. The van der Waals surface area contributed by atoms with Crippen molar-refractivity contribution in [3.63, 3.8) is 0 Å². The van der Waals surface area contributed by atoms with E-state index in [0.717, 1.165) is 30.3 Å². The van der Waals surface area contributed by atoms with Crippen molar-refractivity contribution < 1.29 is 4.74 Å². The summed E-state index contributed by atoms with van der Waals surface area (Å²) in [6.45, 7) is 4.68. The zero-order chi connectivity index (χ0) is 10.7. The molecule has 0 saturated carbocycles. The van der Waals surface area contributed by atoms with Gasteiger partial charge in [-0.3, -0.25) is 0 Å². The lowest BCUT2D eigenvalue weighted by atomic mass is 10.2. The minimum Gasteiger partial charge on any atom is -0.365 e. The lowest BCUT2D eigenvalue weighted by molar-refractivity contribution is 0.0853. The second-order valence-electron chi connectivity index (χ2n) is 3.53. The van der Waals surface area contributed by atoms with Crippen molar-refractivity contribution >= 4 is 23.4 Å². The lowest BCUT2D eigenvalue weighted by Gasteiger charge is -2.23. The van der Waals surface area contributed by atoms with Gasteiger partial charge in [0.2, 0.25) is 0 Å². The summed E-state index contributed by atoms with van der Waals surface area (Å²) in [5.41, 5.74) is 1.34. The van der Waals surface area contributed by atoms with Crippen molar-refractivity contribution in [1.29, 1.82) is 0 Å². The van der Waals surface area contributed by atoms with E-state index in [-0.39, 0.29) is 5.44 Å². The maximum atomic E-state index is 5.97. The number of rotatable bonds is 2. The van der Waals surface area contributed by atoms with Crippen LogP contribution in [0, 0.1) is 6.92 Å². The zero-order valence-electron chi connectivity index (χ0n) is 8.63. The van der Waals surface area contributed by atoms with Crippen molar-refractivity contribution in [1.82, 2.24) is 5.32 Å². The number of hydrogen-bond acceptors (Lipinski definition) is 3. The summed E-state index contributed by atoms with van der Waals surface area (Å²) in [4.78, 5) is 1.21. The van der Waals surface area contributed by atoms with E-state index in [1.807, 2.05) is 19.1 Å². The fourth-order valence-corrected chi connectivity index (χ4v) is 2.64. The van der Waals surface area contributed by atoms with Gasteiger partial charge >= 0.3 is 0 Å². The molecule has 0 spiro atoms. The molecule has 0 bridgehead atoms. The van der Waals surface area contributed by atoms with Gasteiger partial charge in [0.15, 0.2) is 0 Å². The Labute approximate surface area is 99.3 Å². The Bertz CT molecular complexity index is 339. The first-order valence-corrected chi connectivity index (χ1v) is 6.26. The molecule has 1 N–H and O–H groups in total. The summed E-state index contributed by atoms with van der Waals surface area (Å²) in [5, 5.41) is 4.13. The lowest BCUT2D eigenvalue weighted by Crippen LogP contribution is -2.36. The Morgan fingerprint density at radius 3 is 3.07 bits per heavy atom. The van der Waals surface area contributed by atoms with Crippen LogP contribution in [0.15, 0.2) is 23.1 Å². The standard InChI is InChI=1S/C11H14ClNOS/c1-8-6-9(2-3-10(8)12)15-11-7-13-4-5-14-11/h2-3,6,11,13H,4-5,7H2,1H3. The smallest absolute Gasteiger partial charge is 0.120 e. The van der Waals surface area contributed by atoms with Crippen LogP contribution in [0.1, 0.15) is 5.56 Å². The molecule has 1 atom stereocenters. The van der Waals surface area contributed by atoms with Gasteiger partial charge in [-0.05, 0) is 30.7 Å². The first-order chi connectivity index (χ1) is 7.25. The first-order valence-electron chi connectivity index (χ1n) is 5.01. The second kappa shape index (κ2) is 5.21.